The van der Waals surface area contributed by atoms with E-state index in [-0.39, 0.29) is 0 Å². The van der Waals surface area contributed by atoms with Crippen LogP contribution in [0.25, 0.3) is 11.0 Å². The molecule has 0 spiro atoms. The summed E-state index contributed by atoms with van der Waals surface area (Å²) >= 11 is 5.97. The molecule has 0 saturated carbocycles. The molecule has 0 saturated heterocycles. The Kier molecular flexibility index (Phi) is 3.05. The van der Waals surface area contributed by atoms with Gasteiger partial charge in [0.05, 0.1) is 23.8 Å². The van der Waals surface area contributed by atoms with Crippen molar-refractivity contribution in [1.82, 2.24) is 9.55 Å². The van der Waals surface area contributed by atoms with E-state index in [1.165, 1.54) is 0 Å². The SMILES string of the molecule is CC(O)c1nc2cc(Cl)ccc2n1Cc1ccco1. The highest BCUT2D eigenvalue weighted by Gasteiger charge is 2.15. The number of rotatable bonds is 3. The molecule has 0 amide bonds. The number of aromatic nitrogens is 2. The number of furan rings is 1. The van der Waals surface area contributed by atoms with E-state index in [0.29, 0.717) is 17.4 Å². The predicted molar refractivity (Wildman–Crippen MR) is 73.2 cm³/mol. The minimum Gasteiger partial charge on any atom is -0.467 e. The molecule has 5 heteroatoms. The molecule has 19 heavy (non-hydrogen) atoms. The highest BCUT2D eigenvalue weighted by Crippen LogP contribution is 2.24. The van der Waals surface area contributed by atoms with Crippen LogP contribution in [0.2, 0.25) is 5.02 Å². The Balaban J connectivity index is 2.16. The molecule has 0 aliphatic carbocycles. The molecule has 1 unspecified atom stereocenters. The summed E-state index contributed by atoms with van der Waals surface area (Å²) in [6.45, 7) is 2.23. The normalized spacial score (nSPS) is 13.0. The van der Waals surface area contributed by atoms with Gasteiger partial charge in [-0.05, 0) is 37.3 Å². The Labute approximate surface area is 115 Å². The van der Waals surface area contributed by atoms with E-state index in [9.17, 15) is 5.11 Å². The average Bonchev–Trinajstić information content (AvgIpc) is 2.97. The maximum Gasteiger partial charge on any atom is 0.138 e. The lowest BCUT2D eigenvalue weighted by Gasteiger charge is -2.09. The van der Waals surface area contributed by atoms with Gasteiger partial charge in [-0.3, -0.25) is 0 Å². The highest BCUT2D eigenvalue weighted by atomic mass is 35.5. The van der Waals surface area contributed by atoms with Gasteiger partial charge in [0.25, 0.3) is 0 Å². The van der Waals surface area contributed by atoms with Crippen molar-refractivity contribution < 1.29 is 9.52 Å². The average molecular weight is 277 g/mol. The Morgan fingerprint density at radius 1 is 1.42 bits per heavy atom. The lowest BCUT2D eigenvalue weighted by molar-refractivity contribution is 0.184. The van der Waals surface area contributed by atoms with Gasteiger partial charge in [0, 0.05) is 5.02 Å². The first kappa shape index (κ1) is 12.3. The second-order valence-electron chi connectivity index (χ2n) is 4.44. The third kappa shape index (κ3) is 2.25. The number of imidazole rings is 1. The van der Waals surface area contributed by atoms with Crippen LogP contribution in [0, 0.1) is 0 Å². The maximum atomic E-state index is 9.86. The van der Waals surface area contributed by atoms with E-state index in [1.54, 1.807) is 19.3 Å². The van der Waals surface area contributed by atoms with Crippen LogP contribution in [0.4, 0.5) is 0 Å². The summed E-state index contributed by atoms with van der Waals surface area (Å²) in [5.74, 6) is 1.42. The number of hydrogen-bond donors (Lipinski definition) is 1. The number of halogens is 1. The van der Waals surface area contributed by atoms with Gasteiger partial charge in [0.2, 0.25) is 0 Å². The summed E-state index contributed by atoms with van der Waals surface area (Å²) in [4.78, 5) is 4.44. The van der Waals surface area contributed by atoms with Crippen molar-refractivity contribution in [3.8, 4) is 0 Å². The summed E-state index contributed by atoms with van der Waals surface area (Å²) in [7, 11) is 0. The zero-order chi connectivity index (χ0) is 13.4. The molecule has 0 fully saturated rings. The predicted octanol–water partition coefficient (Wildman–Crippen LogP) is 3.38. The van der Waals surface area contributed by atoms with Gasteiger partial charge < -0.3 is 14.1 Å². The van der Waals surface area contributed by atoms with Gasteiger partial charge in [-0.25, -0.2) is 4.98 Å². The zero-order valence-electron chi connectivity index (χ0n) is 10.4. The molecule has 0 aliphatic rings. The van der Waals surface area contributed by atoms with Crippen LogP contribution in [0.1, 0.15) is 24.6 Å². The first-order valence-corrected chi connectivity index (χ1v) is 6.39. The molecule has 3 rings (SSSR count). The van der Waals surface area contributed by atoms with Crippen molar-refractivity contribution >= 4 is 22.6 Å². The molecule has 98 valence electrons. The van der Waals surface area contributed by atoms with Gasteiger partial charge >= 0.3 is 0 Å². The molecule has 1 N–H and O–H groups in total. The van der Waals surface area contributed by atoms with Crippen molar-refractivity contribution in [2.24, 2.45) is 0 Å². The molecule has 4 nitrogen and oxygen atoms in total. The van der Waals surface area contributed by atoms with Gasteiger partial charge in [0.15, 0.2) is 0 Å². The third-order valence-electron chi connectivity index (χ3n) is 3.01. The number of nitrogens with zero attached hydrogens (tertiary/aromatic N) is 2. The number of fused-ring (bicyclic) bond motifs is 1. The van der Waals surface area contributed by atoms with E-state index in [4.69, 9.17) is 16.0 Å². The molecule has 1 atom stereocenters. The minimum atomic E-state index is -0.652. The molecular weight excluding hydrogens is 264 g/mol. The first-order valence-electron chi connectivity index (χ1n) is 6.01. The maximum absolute atomic E-state index is 9.86. The summed E-state index contributed by atoms with van der Waals surface area (Å²) in [5.41, 5.74) is 1.70. The van der Waals surface area contributed by atoms with Crippen molar-refractivity contribution in [3.05, 3.63) is 53.2 Å². The van der Waals surface area contributed by atoms with Gasteiger partial charge in [-0.2, -0.15) is 0 Å². The van der Waals surface area contributed by atoms with Gasteiger partial charge in [-0.15, -0.1) is 0 Å². The number of aliphatic hydroxyl groups is 1. The third-order valence-corrected chi connectivity index (χ3v) is 3.24. The monoisotopic (exact) mass is 276 g/mol. The summed E-state index contributed by atoms with van der Waals surface area (Å²) < 4.78 is 7.30. The van der Waals surface area contributed by atoms with Crippen molar-refractivity contribution in [1.29, 1.82) is 0 Å². The van der Waals surface area contributed by atoms with Gasteiger partial charge in [0.1, 0.15) is 17.7 Å². The summed E-state index contributed by atoms with van der Waals surface area (Å²) in [6, 6.07) is 9.25. The van der Waals surface area contributed by atoms with Crippen LogP contribution in [0.3, 0.4) is 0 Å². The lowest BCUT2D eigenvalue weighted by atomic mass is 10.3. The van der Waals surface area contributed by atoms with E-state index in [2.05, 4.69) is 4.98 Å². The number of aliphatic hydroxyl groups excluding tert-OH is 1. The van der Waals surface area contributed by atoms with Crippen LogP contribution >= 0.6 is 11.6 Å². The fourth-order valence-corrected chi connectivity index (χ4v) is 2.33. The summed E-state index contributed by atoms with van der Waals surface area (Å²) in [5, 5.41) is 10.5. The van der Waals surface area contributed by atoms with Crippen LogP contribution < -0.4 is 0 Å². The van der Waals surface area contributed by atoms with Crippen molar-refractivity contribution in [2.75, 3.05) is 0 Å². The Bertz CT molecular complexity index is 702. The van der Waals surface area contributed by atoms with E-state index in [0.717, 1.165) is 16.8 Å². The van der Waals surface area contributed by atoms with E-state index < -0.39 is 6.10 Å². The fraction of sp³-hybridized carbons (Fsp3) is 0.214. The minimum absolute atomic E-state index is 0.533. The van der Waals surface area contributed by atoms with Gasteiger partial charge in [-0.1, -0.05) is 11.6 Å². The van der Waals surface area contributed by atoms with Crippen LogP contribution in [0.15, 0.2) is 41.0 Å². The van der Waals surface area contributed by atoms with Crippen LogP contribution in [0.5, 0.6) is 0 Å². The smallest absolute Gasteiger partial charge is 0.138 e. The lowest BCUT2D eigenvalue weighted by Crippen LogP contribution is -2.07. The van der Waals surface area contributed by atoms with Crippen molar-refractivity contribution in [3.63, 3.8) is 0 Å². The largest absolute Gasteiger partial charge is 0.467 e. The Morgan fingerprint density at radius 2 is 2.26 bits per heavy atom. The number of benzene rings is 1. The topological polar surface area (TPSA) is 51.2 Å². The molecule has 0 aliphatic heterocycles. The second kappa shape index (κ2) is 4.72. The molecule has 3 aromatic rings. The van der Waals surface area contributed by atoms with Crippen LogP contribution in [-0.4, -0.2) is 14.7 Å². The molecule has 0 radical (unpaired) electrons. The van der Waals surface area contributed by atoms with E-state index >= 15 is 0 Å². The molecule has 0 bridgehead atoms. The fourth-order valence-electron chi connectivity index (χ4n) is 2.17. The van der Waals surface area contributed by atoms with Crippen LogP contribution in [-0.2, 0) is 6.54 Å². The molecule has 1 aromatic carbocycles. The Hall–Kier alpha value is -1.78. The van der Waals surface area contributed by atoms with E-state index in [1.807, 2.05) is 28.8 Å². The second-order valence-corrected chi connectivity index (χ2v) is 4.88. The quantitative estimate of drug-likeness (QED) is 0.798. The molecule has 2 heterocycles. The summed E-state index contributed by atoms with van der Waals surface area (Å²) in [6.07, 6.45) is 0.981. The Morgan fingerprint density at radius 3 is 2.95 bits per heavy atom. The first-order chi connectivity index (χ1) is 9.15. The number of hydrogen-bond acceptors (Lipinski definition) is 3. The zero-order valence-corrected chi connectivity index (χ0v) is 11.1. The highest BCUT2D eigenvalue weighted by molar-refractivity contribution is 6.31. The standard InChI is InChI=1S/C14H13ClN2O2/c1-9(18)14-16-12-7-10(15)4-5-13(12)17(14)8-11-3-2-6-19-11/h2-7,9,18H,8H2,1H3. The molecule has 2 aromatic heterocycles. The molecular formula is C14H13ClN2O2. The van der Waals surface area contributed by atoms with Crippen molar-refractivity contribution in [2.45, 2.75) is 19.6 Å².